The predicted octanol–water partition coefficient (Wildman–Crippen LogP) is 3.57. The third-order valence-corrected chi connectivity index (χ3v) is 6.82. The van der Waals surface area contributed by atoms with Crippen molar-refractivity contribution in [3.8, 4) is 5.75 Å². The van der Waals surface area contributed by atoms with E-state index in [-0.39, 0.29) is 35.6 Å². The second kappa shape index (κ2) is 12.0. The molecule has 1 aliphatic rings. The molecule has 0 radical (unpaired) electrons. The van der Waals surface area contributed by atoms with Crippen LogP contribution < -0.4 is 20.7 Å². The molecule has 3 aromatic rings. The number of ether oxygens (including phenoxy) is 1. The normalized spacial score (nSPS) is 16.9. The molecular formula is C29H36N4O4. The molecule has 8 nitrogen and oxygen atoms in total. The van der Waals surface area contributed by atoms with Crippen molar-refractivity contribution in [2.24, 2.45) is 11.8 Å². The van der Waals surface area contributed by atoms with E-state index in [1.54, 1.807) is 13.2 Å². The molecule has 2 heterocycles. The van der Waals surface area contributed by atoms with Gasteiger partial charge in [0.05, 0.1) is 7.11 Å². The number of para-hydroxylation sites is 1. The fraction of sp³-hybridized carbons (Fsp3) is 0.414. The van der Waals surface area contributed by atoms with Crippen molar-refractivity contribution < 1.29 is 19.1 Å². The Morgan fingerprint density at radius 1 is 1.08 bits per heavy atom. The minimum absolute atomic E-state index is 0.0276. The quantitative estimate of drug-likeness (QED) is 0.320. The van der Waals surface area contributed by atoms with Crippen LogP contribution in [0, 0.1) is 11.8 Å². The first kappa shape index (κ1) is 26.3. The van der Waals surface area contributed by atoms with Crippen LogP contribution in [0.25, 0.3) is 10.9 Å². The number of nitrogens with one attached hydrogen (secondary N) is 4. The van der Waals surface area contributed by atoms with Gasteiger partial charge in [0.1, 0.15) is 17.5 Å². The van der Waals surface area contributed by atoms with Crippen molar-refractivity contribution in [2.75, 3.05) is 13.7 Å². The van der Waals surface area contributed by atoms with Gasteiger partial charge in [-0.25, -0.2) is 0 Å². The maximum absolute atomic E-state index is 13.5. The molecule has 37 heavy (non-hydrogen) atoms. The molecule has 8 heteroatoms. The molecule has 3 amide bonds. The van der Waals surface area contributed by atoms with Crippen LogP contribution in [0.15, 0.2) is 54.6 Å². The van der Waals surface area contributed by atoms with Crippen LogP contribution in [0.4, 0.5) is 0 Å². The van der Waals surface area contributed by atoms with Crippen molar-refractivity contribution in [1.29, 1.82) is 0 Å². The third-order valence-electron chi connectivity index (χ3n) is 6.82. The van der Waals surface area contributed by atoms with E-state index in [2.05, 4.69) is 20.9 Å². The maximum atomic E-state index is 13.5. The summed E-state index contributed by atoms with van der Waals surface area (Å²) in [7, 11) is 1.62. The molecule has 0 saturated carbocycles. The largest absolute Gasteiger partial charge is 0.497 e. The van der Waals surface area contributed by atoms with Crippen LogP contribution in [0.3, 0.4) is 0 Å². The van der Waals surface area contributed by atoms with Crippen molar-refractivity contribution in [3.05, 3.63) is 65.9 Å². The van der Waals surface area contributed by atoms with Gasteiger partial charge < -0.3 is 25.7 Å². The summed E-state index contributed by atoms with van der Waals surface area (Å²) < 4.78 is 5.26. The highest BCUT2D eigenvalue weighted by Gasteiger charge is 2.30. The molecule has 1 fully saturated rings. The monoisotopic (exact) mass is 504 g/mol. The number of methoxy groups -OCH3 is 1. The highest BCUT2D eigenvalue weighted by atomic mass is 16.5. The van der Waals surface area contributed by atoms with Crippen molar-refractivity contribution in [1.82, 2.24) is 20.9 Å². The number of aromatic nitrogens is 1. The highest BCUT2D eigenvalue weighted by Crippen LogP contribution is 2.21. The van der Waals surface area contributed by atoms with E-state index in [4.69, 9.17) is 4.74 Å². The first-order valence-corrected chi connectivity index (χ1v) is 12.9. The molecule has 2 aromatic carbocycles. The average molecular weight is 505 g/mol. The van der Waals surface area contributed by atoms with E-state index in [0.717, 1.165) is 28.6 Å². The highest BCUT2D eigenvalue weighted by molar-refractivity contribution is 6.00. The van der Waals surface area contributed by atoms with Crippen molar-refractivity contribution in [2.45, 2.75) is 51.6 Å². The molecule has 0 spiro atoms. The van der Waals surface area contributed by atoms with Gasteiger partial charge in [0, 0.05) is 29.4 Å². The second-order valence-corrected chi connectivity index (χ2v) is 10.2. The second-order valence-electron chi connectivity index (χ2n) is 10.2. The summed E-state index contributed by atoms with van der Waals surface area (Å²) in [6, 6.07) is 16.2. The Morgan fingerprint density at radius 2 is 1.84 bits per heavy atom. The lowest BCUT2D eigenvalue weighted by atomic mass is 9.93. The lowest BCUT2D eigenvalue weighted by Gasteiger charge is -2.26. The Bertz CT molecular complexity index is 1200. The van der Waals surface area contributed by atoms with Crippen molar-refractivity contribution in [3.63, 3.8) is 0 Å². The predicted molar refractivity (Wildman–Crippen MR) is 143 cm³/mol. The van der Waals surface area contributed by atoms with Crippen LogP contribution in [-0.2, 0) is 16.0 Å². The van der Waals surface area contributed by atoms with Crippen LogP contribution in [0.1, 0.15) is 49.2 Å². The van der Waals surface area contributed by atoms with Gasteiger partial charge in [0.25, 0.3) is 5.91 Å². The zero-order chi connectivity index (χ0) is 26.4. The molecule has 0 unspecified atom stereocenters. The minimum atomic E-state index is -0.699. The summed E-state index contributed by atoms with van der Waals surface area (Å²) in [6.07, 6.45) is 2.36. The topological polar surface area (TPSA) is 112 Å². The number of hydrogen-bond acceptors (Lipinski definition) is 4. The molecular weight excluding hydrogens is 468 g/mol. The van der Waals surface area contributed by atoms with Crippen LogP contribution in [-0.4, -0.2) is 48.4 Å². The van der Waals surface area contributed by atoms with Gasteiger partial charge >= 0.3 is 0 Å². The van der Waals surface area contributed by atoms with Gasteiger partial charge in [-0.1, -0.05) is 44.2 Å². The van der Waals surface area contributed by atoms with Gasteiger partial charge in [-0.3, -0.25) is 14.4 Å². The molecule has 0 aliphatic carbocycles. The fourth-order valence-electron chi connectivity index (χ4n) is 4.89. The SMILES string of the molecule is COc1ccc(C[C@H](C[C@@H]2CCNC2=O)NC(=O)[C@H](CC(C)C)NC(=O)c2cc3ccccc3[nH]2)cc1. The maximum Gasteiger partial charge on any atom is 0.268 e. The lowest BCUT2D eigenvalue weighted by molar-refractivity contribution is -0.126. The Labute approximate surface area is 217 Å². The number of amides is 3. The molecule has 0 bridgehead atoms. The Balaban J connectivity index is 1.49. The molecule has 4 N–H and O–H groups in total. The molecule has 1 aromatic heterocycles. The number of fused-ring (bicyclic) bond motifs is 1. The average Bonchev–Trinajstić information content (AvgIpc) is 3.49. The number of rotatable bonds is 11. The van der Waals surface area contributed by atoms with Gasteiger partial charge in [-0.15, -0.1) is 0 Å². The number of aromatic amines is 1. The van der Waals surface area contributed by atoms with E-state index in [1.165, 1.54) is 0 Å². The summed E-state index contributed by atoms with van der Waals surface area (Å²) in [5, 5.41) is 9.91. The van der Waals surface area contributed by atoms with E-state index >= 15 is 0 Å². The number of benzene rings is 2. The fourth-order valence-corrected chi connectivity index (χ4v) is 4.89. The zero-order valence-corrected chi connectivity index (χ0v) is 21.7. The summed E-state index contributed by atoms with van der Waals surface area (Å²) in [6.45, 7) is 4.70. The zero-order valence-electron chi connectivity index (χ0n) is 21.7. The number of carbonyl (C=O) groups is 3. The molecule has 1 saturated heterocycles. The van der Waals surface area contributed by atoms with Crippen LogP contribution >= 0.6 is 0 Å². The van der Waals surface area contributed by atoms with E-state index < -0.39 is 6.04 Å². The smallest absolute Gasteiger partial charge is 0.268 e. The van der Waals surface area contributed by atoms with Crippen molar-refractivity contribution >= 4 is 28.6 Å². The summed E-state index contributed by atoms with van der Waals surface area (Å²) in [5.74, 6) is 0.275. The summed E-state index contributed by atoms with van der Waals surface area (Å²) >= 11 is 0. The van der Waals surface area contributed by atoms with E-state index in [0.29, 0.717) is 31.5 Å². The van der Waals surface area contributed by atoms with E-state index in [9.17, 15) is 14.4 Å². The first-order valence-electron chi connectivity index (χ1n) is 12.9. The van der Waals surface area contributed by atoms with Gasteiger partial charge in [0.2, 0.25) is 11.8 Å². The Kier molecular flexibility index (Phi) is 8.48. The number of hydrogen-bond donors (Lipinski definition) is 4. The first-order chi connectivity index (χ1) is 17.8. The minimum Gasteiger partial charge on any atom is -0.497 e. The summed E-state index contributed by atoms with van der Waals surface area (Å²) in [5.41, 5.74) is 2.32. The number of H-pyrrole nitrogens is 1. The van der Waals surface area contributed by atoms with E-state index in [1.807, 2.05) is 62.4 Å². The summed E-state index contributed by atoms with van der Waals surface area (Å²) in [4.78, 5) is 42.0. The molecule has 1 aliphatic heterocycles. The van der Waals surface area contributed by atoms with Gasteiger partial charge in [-0.2, -0.15) is 0 Å². The lowest BCUT2D eigenvalue weighted by Crippen LogP contribution is -2.51. The Morgan fingerprint density at radius 3 is 2.49 bits per heavy atom. The molecule has 196 valence electrons. The van der Waals surface area contributed by atoms with Gasteiger partial charge in [0.15, 0.2) is 0 Å². The third kappa shape index (κ3) is 6.90. The molecule has 3 atom stereocenters. The molecule has 4 rings (SSSR count). The van der Waals surface area contributed by atoms with Crippen LogP contribution in [0.5, 0.6) is 5.75 Å². The number of carbonyl (C=O) groups excluding carboxylic acids is 3. The Hall–Kier alpha value is -3.81. The van der Waals surface area contributed by atoms with Gasteiger partial charge in [-0.05, 0) is 61.4 Å². The van der Waals surface area contributed by atoms with Crippen LogP contribution in [0.2, 0.25) is 0 Å². The standard InChI is InChI=1S/C29H36N4O4/c1-18(2)14-25(33-29(36)26-17-20-6-4-5-7-24(20)32-26)28(35)31-22(16-21-12-13-30-27(21)34)15-19-8-10-23(37-3)11-9-19/h4-11,17-18,21-22,25,32H,12-16H2,1-3H3,(H,30,34)(H,31,35)(H,33,36)/t21-,22+,25-/m0/s1.